The fourth-order valence-corrected chi connectivity index (χ4v) is 2.31. The van der Waals surface area contributed by atoms with Crippen LogP contribution in [0.4, 0.5) is 0 Å². The van der Waals surface area contributed by atoms with Crippen molar-refractivity contribution in [1.29, 1.82) is 0 Å². The van der Waals surface area contributed by atoms with Gasteiger partial charge in [0.05, 0.1) is 16.6 Å². The van der Waals surface area contributed by atoms with Gasteiger partial charge in [-0.05, 0) is 27.2 Å². The Balaban J connectivity index is 4.18. The zero-order chi connectivity index (χ0) is 13.0. The van der Waals surface area contributed by atoms with Crippen molar-refractivity contribution < 1.29 is 13.5 Å². The van der Waals surface area contributed by atoms with Crippen LogP contribution in [-0.2, 0) is 9.84 Å². The van der Waals surface area contributed by atoms with E-state index in [4.69, 9.17) is 0 Å². The topological polar surface area (TPSA) is 66.4 Å². The summed E-state index contributed by atoms with van der Waals surface area (Å²) in [7, 11) is -3.06. The van der Waals surface area contributed by atoms with Crippen LogP contribution in [0.3, 0.4) is 0 Å². The molecule has 5 heteroatoms. The van der Waals surface area contributed by atoms with Gasteiger partial charge in [-0.3, -0.25) is 0 Å². The van der Waals surface area contributed by atoms with Crippen molar-refractivity contribution >= 4 is 9.84 Å². The molecule has 0 heterocycles. The molecule has 0 aliphatic rings. The average Bonchev–Trinajstić information content (AvgIpc) is 2.12. The molecule has 0 fully saturated rings. The van der Waals surface area contributed by atoms with E-state index in [0.717, 1.165) is 0 Å². The highest BCUT2D eigenvalue weighted by molar-refractivity contribution is 7.91. The first-order valence-corrected chi connectivity index (χ1v) is 7.46. The highest BCUT2D eigenvalue weighted by atomic mass is 32.2. The molecule has 0 saturated heterocycles. The van der Waals surface area contributed by atoms with Crippen LogP contribution in [-0.4, -0.2) is 42.7 Å². The van der Waals surface area contributed by atoms with E-state index in [0.29, 0.717) is 6.54 Å². The molecule has 2 N–H and O–H groups in total. The molecule has 0 bridgehead atoms. The summed E-state index contributed by atoms with van der Waals surface area (Å²) in [6, 6.07) is 0.285. The molecule has 0 radical (unpaired) electrons. The Labute approximate surface area is 99.4 Å². The lowest BCUT2D eigenvalue weighted by Gasteiger charge is -2.25. The molecule has 1 unspecified atom stereocenters. The van der Waals surface area contributed by atoms with Gasteiger partial charge < -0.3 is 10.4 Å². The zero-order valence-electron chi connectivity index (χ0n) is 10.9. The van der Waals surface area contributed by atoms with Crippen molar-refractivity contribution in [3.8, 4) is 0 Å². The summed E-state index contributed by atoms with van der Waals surface area (Å²) in [6.45, 7) is 9.38. The summed E-state index contributed by atoms with van der Waals surface area (Å²) in [5.41, 5.74) is -0.966. The van der Waals surface area contributed by atoms with Crippen molar-refractivity contribution in [2.24, 2.45) is 0 Å². The number of hydrogen-bond acceptors (Lipinski definition) is 4. The number of rotatable bonds is 7. The minimum atomic E-state index is -3.06. The van der Waals surface area contributed by atoms with E-state index in [2.05, 4.69) is 5.32 Å². The maximum Gasteiger partial charge on any atom is 0.152 e. The van der Waals surface area contributed by atoms with E-state index in [1.165, 1.54) is 0 Å². The Kier molecular flexibility index (Phi) is 5.93. The van der Waals surface area contributed by atoms with E-state index in [1.807, 2.05) is 13.8 Å². The summed E-state index contributed by atoms with van der Waals surface area (Å²) >= 11 is 0. The Morgan fingerprint density at radius 3 is 2.12 bits per heavy atom. The standard InChI is InChI=1S/C11H25NO3S/c1-9(2)12-8-11(5,13)6-7-16(14,15)10(3)4/h9-10,12-13H,6-8H2,1-5H3. The molecular formula is C11H25NO3S. The first-order valence-electron chi connectivity index (χ1n) is 5.74. The number of hydrogen-bond donors (Lipinski definition) is 2. The molecule has 0 aromatic heterocycles. The van der Waals surface area contributed by atoms with Gasteiger partial charge in [-0.15, -0.1) is 0 Å². The third kappa shape index (κ3) is 6.45. The monoisotopic (exact) mass is 251 g/mol. The fraction of sp³-hybridized carbons (Fsp3) is 1.00. The van der Waals surface area contributed by atoms with Crippen LogP contribution in [0.5, 0.6) is 0 Å². The zero-order valence-corrected chi connectivity index (χ0v) is 11.8. The molecule has 0 saturated carbocycles. The number of sulfone groups is 1. The van der Waals surface area contributed by atoms with Gasteiger partial charge in [-0.2, -0.15) is 0 Å². The summed E-state index contributed by atoms with van der Waals surface area (Å²) in [5, 5.41) is 12.7. The quantitative estimate of drug-likeness (QED) is 0.707. The van der Waals surface area contributed by atoms with Gasteiger partial charge in [0.1, 0.15) is 0 Å². The highest BCUT2D eigenvalue weighted by Crippen LogP contribution is 2.12. The van der Waals surface area contributed by atoms with Crippen LogP contribution >= 0.6 is 0 Å². The predicted octanol–water partition coefficient (Wildman–Crippen LogP) is 0.949. The Hall–Kier alpha value is -0.130. The van der Waals surface area contributed by atoms with Crippen LogP contribution in [0.2, 0.25) is 0 Å². The molecule has 0 aromatic carbocycles. The fourth-order valence-electron chi connectivity index (χ4n) is 1.11. The van der Waals surface area contributed by atoms with Crippen LogP contribution in [0.25, 0.3) is 0 Å². The normalized spacial score (nSPS) is 16.8. The second-order valence-electron chi connectivity index (χ2n) is 5.20. The molecule has 0 amide bonds. The summed E-state index contributed by atoms with van der Waals surface area (Å²) in [6.07, 6.45) is 0.271. The Morgan fingerprint density at radius 1 is 1.25 bits per heavy atom. The summed E-state index contributed by atoms with van der Waals surface area (Å²) in [4.78, 5) is 0. The van der Waals surface area contributed by atoms with Gasteiger partial charge in [0.25, 0.3) is 0 Å². The SMILES string of the molecule is CC(C)NCC(C)(O)CCS(=O)(=O)C(C)C. The molecule has 4 nitrogen and oxygen atoms in total. The molecule has 0 aromatic rings. The Bertz CT molecular complexity index is 294. The largest absolute Gasteiger partial charge is 0.389 e. The molecule has 98 valence electrons. The van der Waals surface area contributed by atoms with Crippen molar-refractivity contribution in [2.45, 2.75) is 57.9 Å². The molecule has 0 spiro atoms. The molecular weight excluding hydrogens is 226 g/mol. The lowest BCUT2D eigenvalue weighted by Crippen LogP contribution is -2.42. The highest BCUT2D eigenvalue weighted by Gasteiger charge is 2.25. The number of nitrogens with one attached hydrogen (secondary N) is 1. The second kappa shape index (κ2) is 5.98. The van der Waals surface area contributed by atoms with Gasteiger partial charge in [-0.1, -0.05) is 13.8 Å². The van der Waals surface area contributed by atoms with Gasteiger partial charge in [0, 0.05) is 12.6 Å². The molecule has 0 rings (SSSR count). The van der Waals surface area contributed by atoms with Crippen LogP contribution in [0.15, 0.2) is 0 Å². The van der Waals surface area contributed by atoms with Crippen molar-refractivity contribution in [3.05, 3.63) is 0 Å². The second-order valence-corrected chi connectivity index (χ2v) is 7.88. The summed E-state index contributed by atoms with van der Waals surface area (Å²) in [5.74, 6) is 0.0391. The number of aliphatic hydroxyl groups is 1. The molecule has 16 heavy (non-hydrogen) atoms. The Morgan fingerprint density at radius 2 is 1.75 bits per heavy atom. The van der Waals surface area contributed by atoms with E-state index in [-0.39, 0.29) is 23.5 Å². The van der Waals surface area contributed by atoms with Crippen LogP contribution in [0.1, 0.15) is 41.0 Å². The van der Waals surface area contributed by atoms with Crippen molar-refractivity contribution in [2.75, 3.05) is 12.3 Å². The minimum Gasteiger partial charge on any atom is -0.389 e. The van der Waals surface area contributed by atoms with Gasteiger partial charge >= 0.3 is 0 Å². The molecule has 0 aliphatic heterocycles. The van der Waals surface area contributed by atoms with E-state index in [9.17, 15) is 13.5 Å². The van der Waals surface area contributed by atoms with E-state index in [1.54, 1.807) is 20.8 Å². The molecule has 1 atom stereocenters. The van der Waals surface area contributed by atoms with E-state index < -0.39 is 15.4 Å². The minimum absolute atomic E-state index is 0.0391. The van der Waals surface area contributed by atoms with Gasteiger partial charge in [0.2, 0.25) is 0 Å². The maximum absolute atomic E-state index is 11.6. The predicted molar refractivity (Wildman–Crippen MR) is 67.3 cm³/mol. The summed E-state index contributed by atoms with van der Waals surface area (Å²) < 4.78 is 23.2. The van der Waals surface area contributed by atoms with Gasteiger partial charge in [0.15, 0.2) is 9.84 Å². The maximum atomic E-state index is 11.6. The molecule has 0 aliphatic carbocycles. The average molecular weight is 251 g/mol. The van der Waals surface area contributed by atoms with Crippen LogP contribution < -0.4 is 5.32 Å². The lowest BCUT2D eigenvalue weighted by atomic mass is 10.0. The third-order valence-electron chi connectivity index (χ3n) is 2.53. The van der Waals surface area contributed by atoms with Crippen molar-refractivity contribution in [3.63, 3.8) is 0 Å². The first kappa shape index (κ1) is 15.9. The first-order chi connectivity index (χ1) is 7.07. The van der Waals surface area contributed by atoms with Gasteiger partial charge in [-0.25, -0.2) is 8.42 Å². The van der Waals surface area contributed by atoms with Crippen molar-refractivity contribution in [1.82, 2.24) is 5.32 Å². The smallest absolute Gasteiger partial charge is 0.152 e. The van der Waals surface area contributed by atoms with Crippen LogP contribution in [0, 0.1) is 0 Å². The van der Waals surface area contributed by atoms with E-state index >= 15 is 0 Å². The lowest BCUT2D eigenvalue weighted by molar-refractivity contribution is 0.0546. The third-order valence-corrected chi connectivity index (χ3v) is 4.74.